The van der Waals surface area contributed by atoms with Gasteiger partial charge in [0.05, 0.1) is 0 Å². The third-order valence-corrected chi connectivity index (χ3v) is 3.30. The number of amides is 1. The highest BCUT2D eigenvalue weighted by Crippen LogP contribution is 2.16. The fraction of sp³-hybridized carbons (Fsp3) is 0.462. The monoisotopic (exact) mass is 239 g/mol. The SMILES string of the molecule is CCC(C)(CC)NC(=O)c1cccc(Cl)c1. The predicted molar refractivity (Wildman–Crippen MR) is 67.9 cm³/mol. The van der Waals surface area contributed by atoms with Gasteiger partial charge in [-0.15, -0.1) is 0 Å². The zero-order valence-corrected chi connectivity index (χ0v) is 10.8. The molecular formula is C13H18ClNO. The second kappa shape index (κ2) is 5.35. The molecule has 0 fully saturated rings. The molecule has 16 heavy (non-hydrogen) atoms. The van der Waals surface area contributed by atoms with Crippen molar-refractivity contribution in [2.24, 2.45) is 0 Å². The molecule has 0 saturated heterocycles. The number of hydrogen-bond donors (Lipinski definition) is 1. The van der Waals surface area contributed by atoms with Gasteiger partial charge in [-0.25, -0.2) is 0 Å². The molecule has 0 heterocycles. The summed E-state index contributed by atoms with van der Waals surface area (Å²) in [5.41, 5.74) is 0.472. The van der Waals surface area contributed by atoms with Gasteiger partial charge in [-0.3, -0.25) is 4.79 Å². The molecule has 3 heteroatoms. The van der Waals surface area contributed by atoms with Crippen LogP contribution >= 0.6 is 11.6 Å². The summed E-state index contributed by atoms with van der Waals surface area (Å²) in [6, 6.07) is 7.00. The van der Waals surface area contributed by atoms with E-state index in [-0.39, 0.29) is 11.4 Å². The number of benzene rings is 1. The van der Waals surface area contributed by atoms with E-state index in [0.717, 1.165) is 12.8 Å². The Balaban J connectivity index is 2.80. The molecule has 1 rings (SSSR count). The Morgan fingerprint density at radius 1 is 1.38 bits per heavy atom. The van der Waals surface area contributed by atoms with Gasteiger partial charge < -0.3 is 5.32 Å². The lowest BCUT2D eigenvalue weighted by molar-refractivity contribution is 0.0901. The van der Waals surface area contributed by atoms with Crippen LogP contribution in [0.15, 0.2) is 24.3 Å². The van der Waals surface area contributed by atoms with Gasteiger partial charge in [0.15, 0.2) is 0 Å². The molecule has 0 aliphatic rings. The predicted octanol–water partition coefficient (Wildman–Crippen LogP) is 3.65. The van der Waals surface area contributed by atoms with Crippen LogP contribution < -0.4 is 5.32 Å². The lowest BCUT2D eigenvalue weighted by atomic mass is 9.95. The quantitative estimate of drug-likeness (QED) is 0.854. The molecule has 1 amide bonds. The number of rotatable bonds is 4. The van der Waals surface area contributed by atoms with E-state index in [1.165, 1.54) is 0 Å². The van der Waals surface area contributed by atoms with Crippen LogP contribution in [0.1, 0.15) is 44.0 Å². The van der Waals surface area contributed by atoms with Crippen molar-refractivity contribution in [3.05, 3.63) is 34.9 Å². The van der Waals surface area contributed by atoms with Crippen LogP contribution in [-0.4, -0.2) is 11.4 Å². The molecule has 0 unspecified atom stereocenters. The van der Waals surface area contributed by atoms with Gasteiger partial charge in [0.2, 0.25) is 0 Å². The Bertz CT molecular complexity index is 372. The molecule has 0 aromatic heterocycles. The van der Waals surface area contributed by atoms with Crippen molar-refractivity contribution < 1.29 is 4.79 Å². The van der Waals surface area contributed by atoms with Crippen molar-refractivity contribution in [2.75, 3.05) is 0 Å². The maximum absolute atomic E-state index is 12.0. The summed E-state index contributed by atoms with van der Waals surface area (Å²) in [6.07, 6.45) is 1.83. The first kappa shape index (κ1) is 13.0. The summed E-state index contributed by atoms with van der Waals surface area (Å²) in [7, 11) is 0. The normalized spacial score (nSPS) is 11.2. The van der Waals surface area contributed by atoms with E-state index in [1.807, 2.05) is 0 Å². The fourth-order valence-corrected chi connectivity index (χ4v) is 1.59. The second-order valence-corrected chi connectivity index (χ2v) is 4.67. The number of carbonyl (C=O) groups is 1. The van der Waals surface area contributed by atoms with Crippen LogP contribution in [0, 0.1) is 0 Å². The van der Waals surface area contributed by atoms with Gasteiger partial charge in [-0.2, -0.15) is 0 Å². The number of halogens is 1. The highest BCUT2D eigenvalue weighted by molar-refractivity contribution is 6.30. The zero-order valence-electron chi connectivity index (χ0n) is 10.0. The highest BCUT2D eigenvalue weighted by Gasteiger charge is 2.22. The first-order valence-electron chi connectivity index (χ1n) is 5.59. The van der Waals surface area contributed by atoms with Gasteiger partial charge in [-0.05, 0) is 38.0 Å². The van der Waals surface area contributed by atoms with Crippen LogP contribution in [0.4, 0.5) is 0 Å². The van der Waals surface area contributed by atoms with Crippen LogP contribution in [0.25, 0.3) is 0 Å². The molecule has 0 radical (unpaired) electrons. The number of hydrogen-bond acceptors (Lipinski definition) is 1. The van der Waals surface area contributed by atoms with Crippen molar-refractivity contribution in [3.63, 3.8) is 0 Å². The van der Waals surface area contributed by atoms with Gasteiger partial charge in [0, 0.05) is 16.1 Å². The maximum Gasteiger partial charge on any atom is 0.251 e. The van der Waals surface area contributed by atoms with E-state index in [1.54, 1.807) is 24.3 Å². The average Bonchev–Trinajstić information content (AvgIpc) is 2.29. The van der Waals surface area contributed by atoms with Crippen molar-refractivity contribution in [1.82, 2.24) is 5.32 Å². The van der Waals surface area contributed by atoms with Crippen LogP contribution in [0.2, 0.25) is 5.02 Å². The molecule has 88 valence electrons. The standard InChI is InChI=1S/C13H18ClNO/c1-4-13(3,5-2)15-12(16)10-7-6-8-11(14)9-10/h6-9H,4-5H2,1-3H3,(H,15,16). The molecular weight excluding hydrogens is 222 g/mol. The molecule has 0 aliphatic carbocycles. The van der Waals surface area contributed by atoms with E-state index in [9.17, 15) is 4.79 Å². The maximum atomic E-state index is 12.0. The summed E-state index contributed by atoms with van der Waals surface area (Å²) < 4.78 is 0. The molecule has 0 bridgehead atoms. The first-order valence-corrected chi connectivity index (χ1v) is 5.96. The van der Waals surface area contributed by atoms with Crippen LogP contribution in [0.3, 0.4) is 0 Å². The molecule has 1 aromatic rings. The van der Waals surface area contributed by atoms with E-state index in [2.05, 4.69) is 26.1 Å². The lowest BCUT2D eigenvalue weighted by Gasteiger charge is -2.28. The molecule has 0 saturated carbocycles. The molecule has 1 N–H and O–H groups in total. The van der Waals surface area contributed by atoms with Crippen LogP contribution in [-0.2, 0) is 0 Å². The van der Waals surface area contributed by atoms with E-state index < -0.39 is 0 Å². The Hall–Kier alpha value is -1.02. The van der Waals surface area contributed by atoms with E-state index in [4.69, 9.17) is 11.6 Å². The zero-order chi connectivity index (χ0) is 12.2. The average molecular weight is 240 g/mol. The van der Waals surface area contributed by atoms with E-state index in [0.29, 0.717) is 10.6 Å². The summed E-state index contributed by atoms with van der Waals surface area (Å²) in [5.74, 6) is -0.0614. The summed E-state index contributed by atoms with van der Waals surface area (Å²) >= 11 is 5.85. The molecule has 0 spiro atoms. The van der Waals surface area contributed by atoms with E-state index >= 15 is 0 Å². The highest BCUT2D eigenvalue weighted by atomic mass is 35.5. The smallest absolute Gasteiger partial charge is 0.251 e. The lowest BCUT2D eigenvalue weighted by Crippen LogP contribution is -2.44. The Morgan fingerprint density at radius 3 is 2.50 bits per heavy atom. The number of nitrogens with one attached hydrogen (secondary N) is 1. The third-order valence-electron chi connectivity index (χ3n) is 3.06. The van der Waals surface area contributed by atoms with Crippen molar-refractivity contribution in [3.8, 4) is 0 Å². The molecule has 1 aromatic carbocycles. The minimum Gasteiger partial charge on any atom is -0.347 e. The van der Waals surface area contributed by atoms with Crippen molar-refractivity contribution >= 4 is 17.5 Å². The van der Waals surface area contributed by atoms with Crippen LogP contribution in [0.5, 0.6) is 0 Å². The van der Waals surface area contributed by atoms with Gasteiger partial charge >= 0.3 is 0 Å². The van der Waals surface area contributed by atoms with Gasteiger partial charge in [-0.1, -0.05) is 31.5 Å². The molecule has 2 nitrogen and oxygen atoms in total. The Kier molecular flexibility index (Phi) is 4.36. The van der Waals surface area contributed by atoms with Gasteiger partial charge in [0.25, 0.3) is 5.91 Å². The Morgan fingerprint density at radius 2 is 2.00 bits per heavy atom. The first-order chi connectivity index (χ1) is 7.50. The topological polar surface area (TPSA) is 29.1 Å². The third kappa shape index (κ3) is 3.24. The molecule has 0 aliphatic heterocycles. The summed E-state index contributed by atoms with van der Waals surface area (Å²) in [5, 5.41) is 3.62. The largest absolute Gasteiger partial charge is 0.347 e. The number of carbonyl (C=O) groups excluding carboxylic acids is 1. The summed E-state index contributed by atoms with van der Waals surface area (Å²) in [6.45, 7) is 6.19. The summed E-state index contributed by atoms with van der Waals surface area (Å²) in [4.78, 5) is 12.0. The molecule has 0 atom stereocenters. The van der Waals surface area contributed by atoms with Gasteiger partial charge in [0.1, 0.15) is 0 Å². The Labute approximate surface area is 102 Å². The second-order valence-electron chi connectivity index (χ2n) is 4.23. The fourth-order valence-electron chi connectivity index (χ4n) is 1.40. The van der Waals surface area contributed by atoms with Crippen molar-refractivity contribution in [2.45, 2.75) is 39.2 Å². The van der Waals surface area contributed by atoms with Crippen molar-refractivity contribution in [1.29, 1.82) is 0 Å². The minimum atomic E-state index is -0.139. The minimum absolute atomic E-state index is 0.0614.